The van der Waals surface area contributed by atoms with Crippen LogP contribution in [0.4, 0.5) is 5.69 Å². The van der Waals surface area contributed by atoms with Crippen LogP contribution in [0.2, 0.25) is 0 Å². The molecule has 4 N–H and O–H groups in total. The molecule has 0 aromatic heterocycles. The minimum atomic E-state index is -3.78. The van der Waals surface area contributed by atoms with Gasteiger partial charge in [-0.2, -0.15) is 5.26 Å². The van der Waals surface area contributed by atoms with Crippen LogP contribution in [0.15, 0.2) is 34.2 Å². The molecule has 0 aliphatic carbocycles. The molecule has 0 radical (unpaired) electrons. The lowest BCUT2D eigenvalue weighted by molar-refractivity contribution is 0.407. The normalized spacial score (nSPS) is 19.7. The Hall–Kier alpha value is -2.15. The van der Waals surface area contributed by atoms with Crippen molar-refractivity contribution in [1.82, 2.24) is 10.2 Å². The highest BCUT2D eigenvalue weighted by Gasteiger charge is 2.20. The van der Waals surface area contributed by atoms with Gasteiger partial charge in [0.1, 0.15) is 0 Å². The SMILES string of the molecule is CN1CC[C@@H](N/C(=N/C#N)Nc2cccc(S(N)(=O)=O)c2)C1. The van der Waals surface area contributed by atoms with Crippen molar-refractivity contribution in [1.29, 1.82) is 5.26 Å². The van der Waals surface area contributed by atoms with Gasteiger partial charge in [-0.15, -0.1) is 4.99 Å². The Labute approximate surface area is 129 Å². The summed E-state index contributed by atoms with van der Waals surface area (Å²) < 4.78 is 22.7. The lowest BCUT2D eigenvalue weighted by Gasteiger charge is -2.16. The highest BCUT2D eigenvalue weighted by Crippen LogP contribution is 2.14. The molecule has 1 atom stereocenters. The zero-order valence-electron chi connectivity index (χ0n) is 12.2. The predicted octanol–water partition coefficient (Wildman–Crippen LogP) is -0.123. The summed E-state index contributed by atoms with van der Waals surface area (Å²) in [6.07, 6.45) is 2.67. The first kappa shape index (κ1) is 16.2. The van der Waals surface area contributed by atoms with E-state index < -0.39 is 10.0 Å². The van der Waals surface area contributed by atoms with Crippen LogP contribution in [0, 0.1) is 11.5 Å². The molecule has 0 spiro atoms. The Bertz CT molecular complexity index is 709. The minimum Gasteiger partial charge on any atom is -0.351 e. The molecule has 2 rings (SSSR count). The van der Waals surface area contributed by atoms with Crippen LogP contribution >= 0.6 is 0 Å². The molecule has 9 heteroatoms. The Morgan fingerprint density at radius 2 is 2.32 bits per heavy atom. The second-order valence-electron chi connectivity index (χ2n) is 5.15. The van der Waals surface area contributed by atoms with Gasteiger partial charge >= 0.3 is 0 Å². The van der Waals surface area contributed by atoms with E-state index in [2.05, 4.69) is 20.5 Å². The van der Waals surface area contributed by atoms with E-state index in [9.17, 15) is 8.42 Å². The molecule has 1 fully saturated rings. The van der Waals surface area contributed by atoms with Crippen molar-refractivity contribution in [2.45, 2.75) is 17.4 Å². The molecule has 0 unspecified atom stereocenters. The van der Waals surface area contributed by atoms with E-state index >= 15 is 0 Å². The molecular weight excluding hydrogens is 304 g/mol. The van der Waals surface area contributed by atoms with E-state index in [-0.39, 0.29) is 16.9 Å². The number of nitriles is 1. The number of sulfonamides is 1. The highest BCUT2D eigenvalue weighted by atomic mass is 32.2. The molecule has 0 bridgehead atoms. The molecule has 8 nitrogen and oxygen atoms in total. The second-order valence-corrected chi connectivity index (χ2v) is 6.71. The zero-order chi connectivity index (χ0) is 16.2. The standard InChI is InChI=1S/C13H18N6O2S/c1-19-6-5-11(8-19)18-13(16-9-14)17-10-3-2-4-12(7-10)22(15,20)21/h2-4,7,11H,5-6,8H2,1H3,(H2,15,20,21)(H2,16,17,18)/t11-/m1/s1. The average Bonchev–Trinajstić information content (AvgIpc) is 2.84. The van der Waals surface area contributed by atoms with E-state index in [0.717, 1.165) is 19.5 Å². The van der Waals surface area contributed by atoms with Gasteiger partial charge < -0.3 is 15.5 Å². The fraction of sp³-hybridized carbons (Fsp3) is 0.385. The van der Waals surface area contributed by atoms with Gasteiger partial charge in [0.15, 0.2) is 0 Å². The van der Waals surface area contributed by atoms with Crippen molar-refractivity contribution >= 4 is 21.7 Å². The number of guanidine groups is 1. The molecule has 118 valence electrons. The third kappa shape index (κ3) is 4.42. The van der Waals surface area contributed by atoms with Crippen molar-refractivity contribution in [3.63, 3.8) is 0 Å². The third-order valence-electron chi connectivity index (χ3n) is 3.32. The Morgan fingerprint density at radius 1 is 1.55 bits per heavy atom. The number of hydrogen-bond donors (Lipinski definition) is 3. The number of likely N-dealkylation sites (tertiary alicyclic amines) is 1. The Morgan fingerprint density at radius 3 is 2.91 bits per heavy atom. The molecular formula is C13H18N6O2S. The number of likely N-dealkylation sites (N-methyl/N-ethyl adjacent to an activating group) is 1. The van der Waals surface area contributed by atoms with Crippen molar-refractivity contribution < 1.29 is 8.42 Å². The molecule has 1 aromatic carbocycles. The summed E-state index contributed by atoms with van der Waals surface area (Å²) in [5.74, 6) is 0.286. The summed E-state index contributed by atoms with van der Waals surface area (Å²) in [5, 5.41) is 19.9. The van der Waals surface area contributed by atoms with Gasteiger partial charge in [0.25, 0.3) is 0 Å². The van der Waals surface area contributed by atoms with Gasteiger partial charge in [0.05, 0.1) is 4.90 Å². The minimum absolute atomic E-state index is 0.00518. The van der Waals surface area contributed by atoms with Gasteiger partial charge in [0, 0.05) is 18.3 Å². The number of primary sulfonamides is 1. The van der Waals surface area contributed by atoms with E-state index in [4.69, 9.17) is 10.4 Å². The molecule has 1 aliphatic heterocycles. The second kappa shape index (κ2) is 6.74. The van der Waals surface area contributed by atoms with E-state index in [1.54, 1.807) is 18.3 Å². The molecule has 1 saturated heterocycles. The van der Waals surface area contributed by atoms with Crippen molar-refractivity contribution in [3.8, 4) is 6.19 Å². The number of rotatable bonds is 3. The lowest BCUT2D eigenvalue weighted by atomic mass is 10.2. The van der Waals surface area contributed by atoms with Crippen LogP contribution in [0.5, 0.6) is 0 Å². The third-order valence-corrected chi connectivity index (χ3v) is 4.23. The summed E-state index contributed by atoms with van der Waals surface area (Å²) >= 11 is 0. The maximum atomic E-state index is 11.4. The fourth-order valence-electron chi connectivity index (χ4n) is 2.28. The number of anilines is 1. The monoisotopic (exact) mass is 322 g/mol. The van der Waals surface area contributed by atoms with Crippen LogP contribution < -0.4 is 15.8 Å². The number of aliphatic imine (C=N–C) groups is 1. The maximum Gasteiger partial charge on any atom is 0.238 e. The molecule has 22 heavy (non-hydrogen) atoms. The molecule has 0 saturated carbocycles. The summed E-state index contributed by atoms with van der Waals surface area (Å²) in [5.41, 5.74) is 0.486. The highest BCUT2D eigenvalue weighted by molar-refractivity contribution is 7.89. The topological polar surface area (TPSA) is 124 Å². The van der Waals surface area contributed by atoms with Crippen LogP contribution in [0.25, 0.3) is 0 Å². The number of benzene rings is 1. The molecule has 1 heterocycles. The van der Waals surface area contributed by atoms with Crippen LogP contribution in [0.1, 0.15) is 6.42 Å². The van der Waals surface area contributed by atoms with Crippen LogP contribution in [0.3, 0.4) is 0 Å². The number of hydrogen-bond acceptors (Lipinski definition) is 5. The van der Waals surface area contributed by atoms with Gasteiger partial charge in [0.2, 0.25) is 22.2 Å². The summed E-state index contributed by atoms with van der Waals surface area (Å²) in [7, 11) is -1.76. The van der Waals surface area contributed by atoms with E-state index in [0.29, 0.717) is 5.69 Å². The van der Waals surface area contributed by atoms with Crippen molar-refractivity contribution in [2.24, 2.45) is 10.1 Å². The van der Waals surface area contributed by atoms with Gasteiger partial charge in [-0.25, -0.2) is 13.6 Å². The van der Waals surface area contributed by atoms with Gasteiger partial charge in [-0.1, -0.05) is 6.07 Å². The summed E-state index contributed by atoms with van der Waals surface area (Å²) in [6.45, 7) is 1.82. The quantitative estimate of drug-likeness (QED) is 0.405. The Kier molecular flexibility index (Phi) is 4.97. The van der Waals surface area contributed by atoms with Crippen LogP contribution in [-0.2, 0) is 10.0 Å². The van der Waals surface area contributed by atoms with E-state index in [1.165, 1.54) is 12.1 Å². The van der Waals surface area contributed by atoms with Crippen LogP contribution in [-0.4, -0.2) is 45.5 Å². The first-order chi connectivity index (χ1) is 10.4. The number of nitrogens with one attached hydrogen (secondary N) is 2. The molecule has 0 amide bonds. The zero-order valence-corrected chi connectivity index (χ0v) is 13.0. The molecule has 1 aliphatic rings. The maximum absolute atomic E-state index is 11.4. The number of nitrogens with two attached hydrogens (primary N) is 1. The first-order valence-corrected chi connectivity index (χ1v) is 8.25. The van der Waals surface area contributed by atoms with Gasteiger partial charge in [-0.3, -0.25) is 0 Å². The largest absolute Gasteiger partial charge is 0.351 e. The Balaban J connectivity index is 2.12. The fourth-order valence-corrected chi connectivity index (χ4v) is 2.84. The van der Waals surface area contributed by atoms with Crippen molar-refractivity contribution in [2.75, 3.05) is 25.5 Å². The van der Waals surface area contributed by atoms with Crippen molar-refractivity contribution in [3.05, 3.63) is 24.3 Å². The predicted molar refractivity (Wildman–Crippen MR) is 83.5 cm³/mol. The smallest absolute Gasteiger partial charge is 0.238 e. The number of nitrogens with zero attached hydrogens (tertiary/aromatic N) is 3. The van der Waals surface area contributed by atoms with Gasteiger partial charge in [-0.05, 0) is 38.2 Å². The summed E-state index contributed by atoms with van der Waals surface area (Å²) in [4.78, 5) is 5.87. The molecule has 1 aromatic rings. The average molecular weight is 322 g/mol. The lowest BCUT2D eigenvalue weighted by Crippen LogP contribution is -2.40. The van der Waals surface area contributed by atoms with E-state index in [1.807, 2.05) is 7.05 Å². The summed E-state index contributed by atoms with van der Waals surface area (Å²) in [6, 6.07) is 6.22. The first-order valence-electron chi connectivity index (χ1n) is 6.70.